The van der Waals surface area contributed by atoms with Crippen molar-refractivity contribution < 1.29 is 23.0 Å². The van der Waals surface area contributed by atoms with Crippen LogP contribution in [-0.2, 0) is 12.0 Å². The number of rotatable bonds is 11. The molecule has 4 rings (SSSR count). The Labute approximate surface area is 260 Å². The van der Waals surface area contributed by atoms with Crippen LogP contribution in [0.2, 0.25) is 10.0 Å². The molecule has 1 heterocycles. The summed E-state index contributed by atoms with van der Waals surface area (Å²) in [6.07, 6.45) is 1.72. The van der Waals surface area contributed by atoms with Gasteiger partial charge in [0.1, 0.15) is 28.9 Å². The van der Waals surface area contributed by atoms with Gasteiger partial charge in [-0.1, -0.05) is 43.1 Å². The minimum absolute atomic E-state index is 0.0589. The fourth-order valence-electron chi connectivity index (χ4n) is 4.62. The molecule has 0 radical (unpaired) electrons. The molecule has 0 saturated heterocycles. The first-order chi connectivity index (χ1) is 20.3. The lowest BCUT2D eigenvalue weighted by Gasteiger charge is -2.28. The number of ether oxygens (including phenoxy) is 2. The molecule has 4 aromatic rings. The number of nitrogens with zero attached hydrogens (tertiary/aromatic N) is 4. The van der Waals surface area contributed by atoms with Crippen LogP contribution in [-0.4, -0.2) is 66.6 Å². The topological polar surface area (TPSA) is 59.8 Å². The minimum Gasteiger partial charge on any atom is -0.495 e. The van der Waals surface area contributed by atoms with Crippen molar-refractivity contribution in [2.45, 2.75) is 25.9 Å². The second-order valence-corrected chi connectivity index (χ2v) is 11.7. The predicted octanol–water partition coefficient (Wildman–Crippen LogP) is 7.00. The molecule has 0 atom stereocenters. The van der Waals surface area contributed by atoms with Crippen molar-refractivity contribution in [3.8, 4) is 17.2 Å². The molecule has 0 fully saturated rings. The molecule has 0 unspecified atom stereocenters. The fraction of sp³-hybridized carbons (Fsp3) is 0.312. The first kappa shape index (κ1) is 32.3. The summed E-state index contributed by atoms with van der Waals surface area (Å²) >= 11 is 12.6. The molecule has 43 heavy (non-hydrogen) atoms. The molecule has 11 heteroatoms. The Balaban J connectivity index is 1.67. The molecule has 1 aromatic heterocycles. The SMILES string of the molecule is COc1cc(C(C)(C)c2cnc(COc3ccc(C(=O)N(C)CCN(C)C)c(F)c3Cl)n2-c2ccc(F)cc2)ccc1Cl. The maximum atomic E-state index is 15.3. The lowest BCUT2D eigenvalue weighted by molar-refractivity contribution is 0.0781. The summed E-state index contributed by atoms with van der Waals surface area (Å²) < 4.78 is 42.4. The number of imidazole rings is 1. The van der Waals surface area contributed by atoms with Crippen molar-refractivity contribution in [3.63, 3.8) is 0 Å². The van der Waals surface area contributed by atoms with Crippen molar-refractivity contribution in [1.82, 2.24) is 19.4 Å². The minimum atomic E-state index is -0.860. The second-order valence-electron chi connectivity index (χ2n) is 10.9. The number of likely N-dealkylation sites (N-methyl/N-ethyl adjacent to an activating group) is 2. The van der Waals surface area contributed by atoms with Crippen LogP contribution in [0.15, 0.2) is 60.8 Å². The highest BCUT2D eigenvalue weighted by Gasteiger charge is 2.30. The normalized spacial score (nSPS) is 11.6. The number of halogens is 4. The van der Waals surface area contributed by atoms with Crippen LogP contribution in [0.1, 0.15) is 41.3 Å². The molecule has 228 valence electrons. The van der Waals surface area contributed by atoms with Gasteiger partial charge in [-0.2, -0.15) is 0 Å². The van der Waals surface area contributed by atoms with E-state index in [4.69, 9.17) is 32.7 Å². The molecule has 7 nitrogen and oxygen atoms in total. The zero-order valence-corrected chi connectivity index (χ0v) is 26.4. The van der Waals surface area contributed by atoms with E-state index in [-0.39, 0.29) is 28.8 Å². The average molecular weight is 632 g/mol. The number of methoxy groups -OCH3 is 1. The Bertz CT molecular complexity index is 1610. The lowest BCUT2D eigenvalue weighted by atomic mass is 9.81. The van der Waals surface area contributed by atoms with Gasteiger partial charge in [-0.25, -0.2) is 13.8 Å². The number of hydrogen-bond acceptors (Lipinski definition) is 5. The average Bonchev–Trinajstić information content (AvgIpc) is 3.41. The maximum Gasteiger partial charge on any atom is 0.256 e. The third-order valence-electron chi connectivity index (χ3n) is 7.30. The van der Waals surface area contributed by atoms with Gasteiger partial charge in [-0.15, -0.1) is 0 Å². The first-order valence-corrected chi connectivity index (χ1v) is 14.3. The summed E-state index contributed by atoms with van der Waals surface area (Å²) in [5.74, 6) is -0.661. The van der Waals surface area contributed by atoms with Gasteiger partial charge in [0, 0.05) is 37.4 Å². The van der Waals surface area contributed by atoms with Crippen LogP contribution in [0.25, 0.3) is 5.69 Å². The Morgan fingerprint density at radius 1 is 0.977 bits per heavy atom. The molecular weight excluding hydrogens is 597 g/mol. The van der Waals surface area contributed by atoms with E-state index in [1.54, 1.807) is 38.6 Å². The highest BCUT2D eigenvalue weighted by atomic mass is 35.5. The highest BCUT2D eigenvalue weighted by Crippen LogP contribution is 2.38. The third-order valence-corrected chi connectivity index (χ3v) is 7.96. The maximum absolute atomic E-state index is 15.3. The van der Waals surface area contributed by atoms with Crippen LogP contribution in [0.4, 0.5) is 8.78 Å². The molecule has 0 aliphatic carbocycles. The third kappa shape index (κ3) is 6.95. The molecule has 0 aliphatic rings. The van der Waals surface area contributed by atoms with E-state index in [9.17, 15) is 9.18 Å². The first-order valence-electron chi connectivity index (χ1n) is 13.5. The van der Waals surface area contributed by atoms with E-state index < -0.39 is 17.1 Å². The monoisotopic (exact) mass is 630 g/mol. The number of amides is 1. The molecule has 0 bridgehead atoms. The largest absolute Gasteiger partial charge is 0.495 e. The van der Waals surface area contributed by atoms with Gasteiger partial charge in [0.15, 0.2) is 11.6 Å². The van der Waals surface area contributed by atoms with Gasteiger partial charge in [0.25, 0.3) is 5.91 Å². The molecular formula is C32H34Cl2F2N4O3. The van der Waals surface area contributed by atoms with Crippen LogP contribution >= 0.6 is 23.2 Å². The van der Waals surface area contributed by atoms with Crippen molar-refractivity contribution in [2.24, 2.45) is 0 Å². The number of carbonyl (C=O) groups is 1. The molecule has 0 saturated carbocycles. The van der Waals surface area contributed by atoms with Gasteiger partial charge in [-0.05, 0) is 68.2 Å². The fourth-order valence-corrected chi connectivity index (χ4v) is 5.03. The molecule has 0 aliphatic heterocycles. The molecule has 1 amide bonds. The van der Waals surface area contributed by atoms with E-state index in [1.165, 1.54) is 29.2 Å². The van der Waals surface area contributed by atoms with Gasteiger partial charge in [0.2, 0.25) is 0 Å². The van der Waals surface area contributed by atoms with Crippen molar-refractivity contribution in [3.05, 3.63) is 105 Å². The van der Waals surface area contributed by atoms with Crippen molar-refractivity contribution in [2.75, 3.05) is 41.3 Å². The number of aromatic nitrogens is 2. The summed E-state index contributed by atoms with van der Waals surface area (Å²) in [6.45, 7) is 5.01. The zero-order valence-electron chi connectivity index (χ0n) is 24.9. The van der Waals surface area contributed by atoms with Gasteiger partial charge in [0.05, 0.1) is 23.4 Å². The van der Waals surface area contributed by atoms with E-state index in [2.05, 4.69) is 4.98 Å². The smallest absolute Gasteiger partial charge is 0.256 e. The summed E-state index contributed by atoms with van der Waals surface area (Å²) in [4.78, 5) is 20.8. The molecule has 3 aromatic carbocycles. The van der Waals surface area contributed by atoms with Gasteiger partial charge in [-0.3, -0.25) is 9.36 Å². The lowest BCUT2D eigenvalue weighted by Crippen LogP contribution is -2.34. The van der Waals surface area contributed by atoms with Crippen LogP contribution in [0, 0.1) is 11.6 Å². The van der Waals surface area contributed by atoms with Crippen LogP contribution in [0.3, 0.4) is 0 Å². The number of carbonyl (C=O) groups excluding carboxylic acids is 1. The van der Waals surface area contributed by atoms with Crippen LogP contribution in [0.5, 0.6) is 11.5 Å². The van der Waals surface area contributed by atoms with Crippen molar-refractivity contribution >= 4 is 29.1 Å². The van der Waals surface area contributed by atoms with Gasteiger partial charge < -0.3 is 19.3 Å². The standard InChI is InChI=1S/C32H34Cl2F2N4O3/c1-32(2,20-7-13-24(33)26(17-20)42-6)27-18-37-28(40(27)22-10-8-21(35)9-11-22)19-43-25-14-12-23(30(36)29(25)34)31(41)39(5)16-15-38(3)4/h7-14,17-18H,15-16,19H2,1-6H3. The number of benzene rings is 3. The van der Waals surface area contributed by atoms with E-state index in [0.29, 0.717) is 35.4 Å². The summed E-state index contributed by atoms with van der Waals surface area (Å²) in [5, 5.41) is 0.181. The summed E-state index contributed by atoms with van der Waals surface area (Å²) in [5.41, 5.74) is 1.59. The Morgan fingerprint density at radius 3 is 2.33 bits per heavy atom. The van der Waals surface area contributed by atoms with E-state index in [1.807, 2.05) is 49.5 Å². The Morgan fingerprint density at radius 2 is 1.67 bits per heavy atom. The highest BCUT2D eigenvalue weighted by molar-refractivity contribution is 6.32. The van der Waals surface area contributed by atoms with E-state index >= 15 is 4.39 Å². The Hall–Kier alpha value is -3.66. The molecule has 0 N–H and O–H groups in total. The quantitative estimate of drug-likeness (QED) is 0.178. The summed E-state index contributed by atoms with van der Waals surface area (Å²) in [6, 6.07) is 14.4. The van der Waals surface area contributed by atoms with E-state index in [0.717, 1.165) is 11.3 Å². The summed E-state index contributed by atoms with van der Waals surface area (Å²) in [7, 11) is 6.94. The second kappa shape index (κ2) is 13.3. The van der Waals surface area contributed by atoms with Gasteiger partial charge >= 0.3 is 0 Å². The molecule has 0 spiro atoms. The number of hydrogen-bond donors (Lipinski definition) is 0. The van der Waals surface area contributed by atoms with Crippen molar-refractivity contribution in [1.29, 1.82) is 0 Å². The Kier molecular flexibility index (Phi) is 10.00. The van der Waals surface area contributed by atoms with Crippen LogP contribution < -0.4 is 9.47 Å². The predicted molar refractivity (Wildman–Crippen MR) is 165 cm³/mol. The zero-order chi connectivity index (χ0) is 31.5.